The normalized spacial score (nSPS) is 10.5. The molecule has 0 aliphatic carbocycles. The van der Waals surface area contributed by atoms with Gasteiger partial charge in [0.2, 0.25) is 0 Å². The molecule has 0 spiro atoms. The lowest BCUT2D eigenvalue weighted by Crippen LogP contribution is -2.04. The molecule has 0 aliphatic heterocycles. The minimum absolute atomic E-state index is 0.0194. The Labute approximate surface area is 116 Å². The number of nitrogen functional groups attached to an aromatic ring is 1. The van der Waals surface area contributed by atoms with E-state index in [0.29, 0.717) is 23.1 Å². The maximum atomic E-state index is 14.2. The number of hydrogen-bond acceptors (Lipinski definition) is 2. The van der Waals surface area contributed by atoms with Crippen molar-refractivity contribution in [2.75, 3.05) is 5.73 Å². The van der Waals surface area contributed by atoms with E-state index in [1.54, 1.807) is 6.92 Å². The van der Waals surface area contributed by atoms with Crippen LogP contribution < -0.4 is 5.73 Å². The summed E-state index contributed by atoms with van der Waals surface area (Å²) in [7, 11) is 0. The lowest BCUT2D eigenvalue weighted by molar-refractivity contribution is -0.107. The van der Waals surface area contributed by atoms with Crippen LogP contribution in [0.5, 0.6) is 0 Å². The van der Waals surface area contributed by atoms with Crippen LogP contribution in [0.1, 0.15) is 11.1 Å². The zero-order chi connectivity index (χ0) is 14.0. The molecule has 0 bridgehead atoms. The van der Waals surface area contributed by atoms with Crippen LogP contribution in [0, 0.1) is 12.7 Å². The zero-order valence-electron chi connectivity index (χ0n) is 10.4. The molecule has 0 radical (unpaired) electrons. The first kappa shape index (κ1) is 13.6. The quantitative estimate of drug-likeness (QED) is 0.685. The van der Waals surface area contributed by atoms with E-state index >= 15 is 0 Å². The predicted molar refractivity (Wildman–Crippen MR) is 75.8 cm³/mol. The summed E-state index contributed by atoms with van der Waals surface area (Å²) >= 11 is 5.91. The predicted octanol–water partition coefficient (Wildman–Crippen LogP) is 3.78. The number of anilines is 1. The van der Waals surface area contributed by atoms with E-state index in [1.807, 2.05) is 30.3 Å². The zero-order valence-corrected chi connectivity index (χ0v) is 11.2. The molecule has 0 saturated heterocycles. The number of rotatable bonds is 3. The smallest absolute Gasteiger partial charge is 0.146 e. The minimum atomic E-state index is -0.570. The summed E-state index contributed by atoms with van der Waals surface area (Å²) in [6.07, 6.45) is 0.593. The summed E-state index contributed by atoms with van der Waals surface area (Å²) < 4.78 is 14.2. The number of benzene rings is 2. The van der Waals surface area contributed by atoms with E-state index in [4.69, 9.17) is 17.3 Å². The largest absolute Gasteiger partial charge is 0.398 e. The van der Waals surface area contributed by atoms with Crippen LogP contribution in [0.15, 0.2) is 30.3 Å². The number of halogens is 2. The molecular weight excluding hydrogens is 265 g/mol. The molecular formula is C15H13ClFNO. The van der Waals surface area contributed by atoms with Crippen molar-refractivity contribution in [3.05, 3.63) is 52.3 Å². The number of carbonyl (C=O) groups excluding carboxylic acids is 1. The van der Waals surface area contributed by atoms with Crippen molar-refractivity contribution in [2.24, 2.45) is 0 Å². The molecule has 0 saturated carbocycles. The summed E-state index contributed by atoms with van der Waals surface area (Å²) in [4.78, 5) is 10.8. The Morgan fingerprint density at radius 3 is 2.53 bits per heavy atom. The van der Waals surface area contributed by atoms with Crippen molar-refractivity contribution in [1.29, 1.82) is 0 Å². The lowest BCUT2D eigenvalue weighted by Gasteiger charge is -2.16. The molecule has 2 nitrogen and oxygen atoms in total. The second-order valence-corrected chi connectivity index (χ2v) is 4.63. The third kappa shape index (κ3) is 2.34. The highest BCUT2D eigenvalue weighted by atomic mass is 35.5. The Bertz CT molecular complexity index is 626. The molecule has 19 heavy (non-hydrogen) atoms. The van der Waals surface area contributed by atoms with Crippen LogP contribution in [0.25, 0.3) is 11.1 Å². The van der Waals surface area contributed by atoms with E-state index in [9.17, 15) is 9.18 Å². The molecule has 0 heterocycles. The van der Waals surface area contributed by atoms with Gasteiger partial charge in [0.05, 0.1) is 5.02 Å². The van der Waals surface area contributed by atoms with Gasteiger partial charge in [-0.25, -0.2) is 4.39 Å². The van der Waals surface area contributed by atoms with E-state index in [-0.39, 0.29) is 17.0 Å². The topological polar surface area (TPSA) is 43.1 Å². The van der Waals surface area contributed by atoms with E-state index in [1.165, 1.54) is 0 Å². The Morgan fingerprint density at radius 1 is 1.32 bits per heavy atom. The second-order valence-electron chi connectivity index (χ2n) is 4.26. The van der Waals surface area contributed by atoms with Crippen LogP contribution in [-0.4, -0.2) is 6.29 Å². The fraction of sp³-hybridized carbons (Fsp3) is 0.133. The van der Waals surface area contributed by atoms with Crippen LogP contribution in [0.3, 0.4) is 0 Å². The maximum Gasteiger partial charge on any atom is 0.146 e. The second kappa shape index (κ2) is 5.41. The average Bonchev–Trinajstić information content (AvgIpc) is 2.44. The van der Waals surface area contributed by atoms with Crippen LogP contribution >= 0.6 is 11.6 Å². The monoisotopic (exact) mass is 277 g/mol. The molecule has 0 aliphatic rings. The Balaban J connectivity index is 2.81. The van der Waals surface area contributed by atoms with Gasteiger partial charge in [0, 0.05) is 23.2 Å². The third-order valence-corrected chi connectivity index (χ3v) is 3.56. The first-order chi connectivity index (χ1) is 9.07. The Kier molecular flexibility index (Phi) is 3.86. The molecule has 4 heteroatoms. The molecule has 2 rings (SSSR count). The van der Waals surface area contributed by atoms with Gasteiger partial charge in [0.1, 0.15) is 12.1 Å². The molecule has 0 amide bonds. The Hall–Kier alpha value is -1.87. The van der Waals surface area contributed by atoms with Gasteiger partial charge in [-0.3, -0.25) is 0 Å². The standard InChI is InChI=1S/C15H13ClFNO/c1-9-13(16)14(17)11(7-8-19)12(15(9)18)10-5-3-2-4-6-10/h2-6,8H,7,18H2,1H3. The molecule has 0 atom stereocenters. The van der Waals surface area contributed by atoms with Crippen molar-refractivity contribution in [3.8, 4) is 11.1 Å². The summed E-state index contributed by atoms with van der Waals surface area (Å²) in [6.45, 7) is 1.66. The van der Waals surface area contributed by atoms with Crippen molar-refractivity contribution in [1.82, 2.24) is 0 Å². The fourth-order valence-corrected chi connectivity index (χ4v) is 2.30. The molecule has 98 valence electrons. The van der Waals surface area contributed by atoms with Gasteiger partial charge < -0.3 is 10.5 Å². The summed E-state index contributed by atoms with van der Waals surface area (Å²) in [5.41, 5.74) is 8.52. The van der Waals surface area contributed by atoms with Crippen molar-refractivity contribution < 1.29 is 9.18 Å². The molecule has 2 aromatic carbocycles. The van der Waals surface area contributed by atoms with Crippen LogP contribution in [0.4, 0.5) is 10.1 Å². The fourth-order valence-electron chi connectivity index (χ4n) is 2.08. The van der Waals surface area contributed by atoms with Gasteiger partial charge >= 0.3 is 0 Å². The van der Waals surface area contributed by atoms with Crippen LogP contribution in [0.2, 0.25) is 5.02 Å². The van der Waals surface area contributed by atoms with Gasteiger partial charge in [-0.1, -0.05) is 41.9 Å². The van der Waals surface area contributed by atoms with E-state index in [2.05, 4.69) is 0 Å². The highest BCUT2D eigenvalue weighted by molar-refractivity contribution is 6.32. The average molecular weight is 278 g/mol. The number of hydrogen-bond donors (Lipinski definition) is 1. The molecule has 2 N–H and O–H groups in total. The van der Waals surface area contributed by atoms with E-state index in [0.717, 1.165) is 5.56 Å². The SMILES string of the molecule is Cc1c(N)c(-c2ccccc2)c(CC=O)c(F)c1Cl. The molecule has 2 aromatic rings. The summed E-state index contributed by atoms with van der Waals surface area (Å²) in [5.74, 6) is -0.570. The van der Waals surface area contributed by atoms with Gasteiger partial charge in [0.15, 0.2) is 0 Å². The third-order valence-electron chi connectivity index (χ3n) is 3.11. The highest BCUT2D eigenvalue weighted by Crippen LogP contribution is 2.38. The maximum absolute atomic E-state index is 14.2. The minimum Gasteiger partial charge on any atom is -0.398 e. The molecule has 0 unspecified atom stereocenters. The van der Waals surface area contributed by atoms with Crippen LogP contribution in [-0.2, 0) is 11.2 Å². The van der Waals surface area contributed by atoms with Crippen molar-refractivity contribution in [2.45, 2.75) is 13.3 Å². The van der Waals surface area contributed by atoms with E-state index < -0.39 is 5.82 Å². The molecule has 0 fully saturated rings. The van der Waals surface area contributed by atoms with Crippen molar-refractivity contribution >= 4 is 23.6 Å². The highest BCUT2D eigenvalue weighted by Gasteiger charge is 2.20. The number of nitrogens with two attached hydrogens (primary N) is 1. The van der Waals surface area contributed by atoms with Crippen molar-refractivity contribution in [3.63, 3.8) is 0 Å². The van der Waals surface area contributed by atoms with Gasteiger partial charge in [-0.15, -0.1) is 0 Å². The first-order valence-corrected chi connectivity index (χ1v) is 6.20. The lowest BCUT2D eigenvalue weighted by atomic mass is 9.93. The number of carbonyl (C=O) groups is 1. The molecule has 0 aromatic heterocycles. The van der Waals surface area contributed by atoms with Gasteiger partial charge in [-0.05, 0) is 18.1 Å². The summed E-state index contributed by atoms with van der Waals surface area (Å²) in [5, 5.41) is -0.0194. The number of aldehydes is 1. The summed E-state index contributed by atoms with van der Waals surface area (Å²) in [6, 6.07) is 9.18. The Morgan fingerprint density at radius 2 is 1.95 bits per heavy atom. The van der Waals surface area contributed by atoms with Gasteiger partial charge in [-0.2, -0.15) is 0 Å². The van der Waals surface area contributed by atoms with Gasteiger partial charge in [0.25, 0.3) is 0 Å². The first-order valence-electron chi connectivity index (χ1n) is 5.82.